The molecule has 1 aromatic rings. The Morgan fingerprint density at radius 3 is 2.33 bits per heavy atom. The molecule has 0 bridgehead atoms. The number of nitrogens with one attached hydrogen (secondary N) is 1. The van der Waals surface area contributed by atoms with E-state index in [9.17, 15) is 8.42 Å². The summed E-state index contributed by atoms with van der Waals surface area (Å²) in [7, 11) is -3.33. The Kier molecular flexibility index (Phi) is 6.21. The van der Waals surface area contributed by atoms with Crippen molar-refractivity contribution in [1.29, 1.82) is 0 Å². The summed E-state index contributed by atoms with van der Waals surface area (Å²) in [5, 5.41) is 0. The molecule has 2 rings (SSSR count). The standard InChI is InChI=1S/C16H26N2O2S/c1-15(11-12-16-9-5-4-6-10-16)17-21(19,20)18-13-7-2-3-8-14-18/h4-6,9-10,15,17H,2-3,7-8,11-14H2,1H3. The lowest BCUT2D eigenvalue weighted by atomic mass is 10.1. The van der Waals surface area contributed by atoms with Crippen molar-refractivity contribution in [3.63, 3.8) is 0 Å². The van der Waals surface area contributed by atoms with E-state index in [1.807, 2.05) is 25.1 Å². The van der Waals surface area contributed by atoms with Crippen LogP contribution < -0.4 is 4.72 Å². The molecule has 21 heavy (non-hydrogen) atoms. The zero-order valence-corrected chi connectivity index (χ0v) is 13.6. The minimum absolute atomic E-state index is 0.0431. The molecule has 0 aliphatic carbocycles. The Hall–Kier alpha value is -0.910. The third-order valence-electron chi connectivity index (χ3n) is 3.96. The van der Waals surface area contributed by atoms with Crippen LogP contribution in [0.15, 0.2) is 30.3 Å². The summed E-state index contributed by atoms with van der Waals surface area (Å²) in [5.41, 5.74) is 1.25. The van der Waals surface area contributed by atoms with Gasteiger partial charge in [0.1, 0.15) is 0 Å². The van der Waals surface area contributed by atoms with Crippen molar-refractivity contribution in [3.8, 4) is 0 Å². The fourth-order valence-electron chi connectivity index (χ4n) is 2.70. The summed E-state index contributed by atoms with van der Waals surface area (Å²) in [6.07, 6.45) is 5.92. The third-order valence-corrected chi connectivity index (χ3v) is 5.71. The van der Waals surface area contributed by atoms with Crippen molar-refractivity contribution >= 4 is 10.2 Å². The van der Waals surface area contributed by atoms with Gasteiger partial charge in [0.25, 0.3) is 10.2 Å². The molecule has 0 saturated carbocycles. The Labute approximate surface area is 128 Å². The highest BCUT2D eigenvalue weighted by molar-refractivity contribution is 7.87. The number of nitrogens with zero attached hydrogens (tertiary/aromatic N) is 1. The van der Waals surface area contributed by atoms with Gasteiger partial charge in [0.05, 0.1) is 0 Å². The molecule has 1 fully saturated rings. The van der Waals surface area contributed by atoms with E-state index in [1.165, 1.54) is 5.56 Å². The van der Waals surface area contributed by atoms with Gasteiger partial charge in [-0.05, 0) is 38.2 Å². The molecule has 1 N–H and O–H groups in total. The van der Waals surface area contributed by atoms with Crippen LogP contribution in [0.2, 0.25) is 0 Å². The van der Waals surface area contributed by atoms with Gasteiger partial charge < -0.3 is 0 Å². The minimum Gasteiger partial charge on any atom is -0.199 e. The molecular weight excluding hydrogens is 284 g/mol. The molecule has 0 radical (unpaired) electrons. The molecule has 0 amide bonds. The molecule has 1 atom stereocenters. The Bertz CT molecular complexity index is 508. The smallest absolute Gasteiger partial charge is 0.199 e. The Balaban J connectivity index is 1.84. The lowest BCUT2D eigenvalue weighted by Gasteiger charge is -2.23. The maximum absolute atomic E-state index is 12.4. The van der Waals surface area contributed by atoms with E-state index in [0.29, 0.717) is 13.1 Å². The maximum Gasteiger partial charge on any atom is 0.279 e. The van der Waals surface area contributed by atoms with Crippen molar-refractivity contribution in [1.82, 2.24) is 9.03 Å². The van der Waals surface area contributed by atoms with Gasteiger partial charge in [-0.3, -0.25) is 0 Å². The van der Waals surface area contributed by atoms with Crippen LogP contribution in [0.5, 0.6) is 0 Å². The van der Waals surface area contributed by atoms with Crippen molar-refractivity contribution in [3.05, 3.63) is 35.9 Å². The van der Waals surface area contributed by atoms with Gasteiger partial charge in [0.15, 0.2) is 0 Å². The highest BCUT2D eigenvalue weighted by Crippen LogP contribution is 2.13. The van der Waals surface area contributed by atoms with Crippen LogP contribution in [0, 0.1) is 0 Å². The number of hydrogen-bond donors (Lipinski definition) is 1. The van der Waals surface area contributed by atoms with E-state index in [2.05, 4.69) is 16.9 Å². The molecule has 1 aromatic carbocycles. The van der Waals surface area contributed by atoms with Crippen molar-refractivity contribution in [2.75, 3.05) is 13.1 Å². The Morgan fingerprint density at radius 2 is 1.71 bits per heavy atom. The van der Waals surface area contributed by atoms with Crippen LogP contribution in [0.3, 0.4) is 0 Å². The van der Waals surface area contributed by atoms with E-state index in [4.69, 9.17) is 0 Å². The topological polar surface area (TPSA) is 49.4 Å². The molecule has 1 aliphatic heterocycles. The van der Waals surface area contributed by atoms with Gasteiger partial charge in [-0.2, -0.15) is 17.4 Å². The number of benzene rings is 1. The van der Waals surface area contributed by atoms with Crippen LogP contribution in [0.4, 0.5) is 0 Å². The first kappa shape index (κ1) is 16.5. The van der Waals surface area contributed by atoms with Crippen LogP contribution >= 0.6 is 0 Å². The van der Waals surface area contributed by atoms with Crippen molar-refractivity contribution < 1.29 is 8.42 Å². The van der Waals surface area contributed by atoms with E-state index in [-0.39, 0.29) is 6.04 Å². The molecule has 0 spiro atoms. The summed E-state index contributed by atoms with van der Waals surface area (Å²) in [6, 6.07) is 10.1. The summed E-state index contributed by atoms with van der Waals surface area (Å²) in [5.74, 6) is 0. The molecule has 0 aromatic heterocycles. The summed E-state index contributed by atoms with van der Waals surface area (Å²) in [6.45, 7) is 3.25. The average Bonchev–Trinajstić information content (AvgIpc) is 2.75. The first-order chi connectivity index (χ1) is 10.1. The van der Waals surface area contributed by atoms with Crippen molar-refractivity contribution in [2.45, 2.75) is 51.5 Å². The lowest BCUT2D eigenvalue weighted by molar-refractivity contribution is 0.407. The zero-order chi connectivity index (χ0) is 15.1. The van der Waals surface area contributed by atoms with Crippen LogP contribution in [-0.2, 0) is 16.6 Å². The highest BCUT2D eigenvalue weighted by atomic mass is 32.2. The second-order valence-corrected chi connectivity index (χ2v) is 7.56. The maximum atomic E-state index is 12.4. The molecule has 1 unspecified atom stereocenters. The summed E-state index contributed by atoms with van der Waals surface area (Å²) >= 11 is 0. The average molecular weight is 310 g/mol. The molecule has 1 aliphatic rings. The van der Waals surface area contributed by atoms with E-state index < -0.39 is 10.2 Å². The van der Waals surface area contributed by atoms with Crippen LogP contribution in [0.1, 0.15) is 44.6 Å². The fourth-order valence-corrected chi connectivity index (χ4v) is 4.21. The van der Waals surface area contributed by atoms with E-state index >= 15 is 0 Å². The van der Waals surface area contributed by atoms with Gasteiger partial charge in [0, 0.05) is 19.1 Å². The Morgan fingerprint density at radius 1 is 1.10 bits per heavy atom. The second kappa shape index (κ2) is 7.92. The third kappa shape index (κ3) is 5.41. The lowest BCUT2D eigenvalue weighted by Crippen LogP contribution is -2.45. The largest absolute Gasteiger partial charge is 0.279 e. The number of aryl methyl sites for hydroxylation is 1. The molecular formula is C16H26N2O2S. The SMILES string of the molecule is CC(CCc1ccccc1)NS(=O)(=O)N1CCCCCC1. The number of rotatable bonds is 6. The first-order valence-corrected chi connectivity index (χ1v) is 9.33. The minimum atomic E-state index is -3.33. The first-order valence-electron chi connectivity index (χ1n) is 7.89. The molecule has 4 nitrogen and oxygen atoms in total. The highest BCUT2D eigenvalue weighted by Gasteiger charge is 2.24. The van der Waals surface area contributed by atoms with Gasteiger partial charge in [0.2, 0.25) is 0 Å². The fraction of sp³-hybridized carbons (Fsp3) is 0.625. The molecule has 1 saturated heterocycles. The zero-order valence-electron chi connectivity index (χ0n) is 12.8. The van der Waals surface area contributed by atoms with Crippen LogP contribution in [0.25, 0.3) is 0 Å². The van der Waals surface area contributed by atoms with Crippen LogP contribution in [-0.4, -0.2) is 31.9 Å². The van der Waals surface area contributed by atoms with Gasteiger partial charge in [-0.15, -0.1) is 0 Å². The molecule has 1 heterocycles. The monoisotopic (exact) mass is 310 g/mol. The predicted molar refractivity (Wildman–Crippen MR) is 86.3 cm³/mol. The van der Waals surface area contributed by atoms with Gasteiger partial charge in [-0.25, -0.2) is 0 Å². The van der Waals surface area contributed by atoms with Gasteiger partial charge in [-0.1, -0.05) is 43.2 Å². The van der Waals surface area contributed by atoms with E-state index in [1.54, 1.807) is 4.31 Å². The van der Waals surface area contributed by atoms with Gasteiger partial charge >= 0.3 is 0 Å². The second-order valence-electron chi connectivity index (χ2n) is 5.86. The normalized spacial score (nSPS) is 19.1. The summed E-state index contributed by atoms with van der Waals surface area (Å²) in [4.78, 5) is 0. The quantitative estimate of drug-likeness (QED) is 0.878. The molecule has 118 valence electrons. The molecule has 5 heteroatoms. The van der Waals surface area contributed by atoms with E-state index in [0.717, 1.165) is 38.5 Å². The predicted octanol–water partition coefficient (Wildman–Crippen LogP) is 2.72. The summed E-state index contributed by atoms with van der Waals surface area (Å²) < 4.78 is 29.2. The number of hydrogen-bond acceptors (Lipinski definition) is 2. The van der Waals surface area contributed by atoms with Crippen molar-refractivity contribution in [2.24, 2.45) is 0 Å².